The van der Waals surface area contributed by atoms with Gasteiger partial charge in [0.15, 0.2) is 11.0 Å². The fourth-order valence-corrected chi connectivity index (χ4v) is 3.63. The lowest BCUT2D eigenvalue weighted by molar-refractivity contribution is 0.0949. The number of rotatable bonds is 9. The molecule has 0 atom stereocenters. The molecule has 1 aromatic heterocycles. The van der Waals surface area contributed by atoms with Crippen molar-refractivity contribution in [2.45, 2.75) is 30.9 Å². The van der Waals surface area contributed by atoms with E-state index in [1.54, 1.807) is 49.2 Å². The number of aromatic nitrogens is 3. The summed E-state index contributed by atoms with van der Waals surface area (Å²) in [5.74, 6) is 2.03. The van der Waals surface area contributed by atoms with Gasteiger partial charge in [-0.25, -0.2) is 0 Å². The van der Waals surface area contributed by atoms with Gasteiger partial charge in [-0.05, 0) is 36.8 Å². The van der Waals surface area contributed by atoms with Crippen LogP contribution in [0.3, 0.4) is 0 Å². The second kappa shape index (κ2) is 9.93. The molecule has 0 radical (unpaired) electrons. The zero-order valence-corrected chi connectivity index (χ0v) is 17.4. The fraction of sp³-hybridized carbons (Fsp3) is 0.227. The van der Waals surface area contributed by atoms with Crippen LogP contribution in [0, 0.1) is 6.92 Å². The van der Waals surface area contributed by atoms with Crippen molar-refractivity contribution in [2.24, 2.45) is 0 Å². The highest BCUT2D eigenvalue weighted by Crippen LogP contribution is 2.22. The SMILES string of the molecule is C=CCn1c(CNC(=O)c2ccc(OC)cc2)nnc1SCc1ccc(C)cc1. The predicted octanol–water partition coefficient (Wildman–Crippen LogP) is 4.00. The average Bonchev–Trinajstić information content (AvgIpc) is 3.13. The van der Waals surface area contributed by atoms with Crippen LogP contribution >= 0.6 is 11.8 Å². The number of hydrogen-bond acceptors (Lipinski definition) is 5. The van der Waals surface area contributed by atoms with E-state index in [-0.39, 0.29) is 12.5 Å². The molecule has 0 aliphatic rings. The highest BCUT2D eigenvalue weighted by Gasteiger charge is 2.13. The van der Waals surface area contributed by atoms with Crippen LogP contribution in [0.5, 0.6) is 5.75 Å². The fourth-order valence-electron chi connectivity index (χ4n) is 2.70. The molecule has 0 aliphatic heterocycles. The van der Waals surface area contributed by atoms with Crippen LogP contribution in [0.2, 0.25) is 0 Å². The van der Waals surface area contributed by atoms with Crippen LogP contribution < -0.4 is 10.1 Å². The van der Waals surface area contributed by atoms with Gasteiger partial charge in [0, 0.05) is 17.9 Å². The number of methoxy groups -OCH3 is 1. The molecule has 0 bridgehead atoms. The van der Waals surface area contributed by atoms with E-state index in [4.69, 9.17) is 4.74 Å². The highest BCUT2D eigenvalue weighted by molar-refractivity contribution is 7.98. The maximum absolute atomic E-state index is 12.4. The minimum atomic E-state index is -0.172. The molecule has 150 valence electrons. The summed E-state index contributed by atoms with van der Waals surface area (Å²) in [6, 6.07) is 15.4. The van der Waals surface area contributed by atoms with E-state index in [1.807, 2.05) is 4.57 Å². The lowest BCUT2D eigenvalue weighted by Gasteiger charge is -2.09. The molecule has 0 saturated heterocycles. The van der Waals surface area contributed by atoms with Gasteiger partial charge in [0.05, 0.1) is 13.7 Å². The van der Waals surface area contributed by atoms with Crippen molar-refractivity contribution < 1.29 is 9.53 Å². The van der Waals surface area contributed by atoms with Crippen molar-refractivity contribution in [1.82, 2.24) is 20.1 Å². The number of allylic oxidation sites excluding steroid dienone is 1. The van der Waals surface area contributed by atoms with Crippen LogP contribution in [0.25, 0.3) is 0 Å². The number of aryl methyl sites for hydroxylation is 1. The third-order valence-electron chi connectivity index (χ3n) is 4.35. The molecular formula is C22H24N4O2S. The Labute approximate surface area is 175 Å². The van der Waals surface area contributed by atoms with Crippen molar-refractivity contribution in [2.75, 3.05) is 7.11 Å². The third-order valence-corrected chi connectivity index (χ3v) is 5.39. The molecule has 0 saturated carbocycles. The predicted molar refractivity (Wildman–Crippen MR) is 115 cm³/mol. The molecule has 0 fully saturated rings. The van der Waals surface area contributed by atoms with Gasteiger partial charge >= 0.3 is 0 Å². The smallest absolute Gasteiger partial charge is 0.251 e. The molecule has 6 nitrogen and oxygen atoms in total. The normalized spacial score (nSPS) is 10.6. The topological polar surface area (TPSA) is 69.0 Å². The minimum absolute atomic E-state index is 0.172. The first-order valence-corrected chi connectivity index (χ1v) is 10.2. The van der Waals surface area contributed by atoms with E-state index in [0.717, 1.165) is 10.9 Å². The number of amides is 1. The molecule has 1 amide bonds. The first-order chi connectivity index (χ1) is 14.1. The third kappa shape index (κ3) is 5.48. The Morgan fingerprint density at radius 2 is 1.90 bits per heavy atom. The van der Waals surface area contributed by atoms with E-state index in [2.05, 4.69) is 53.3 Å². The maximum Gasteiger partial charge on any atom is 0.251 e. The maximum atomic E-state index is 12.4. The molecule has 29 heavy (non-hydrogen) atoms. The van der Waals surface area contributed by atoms with Crippen LogP contribution in [0.4, 0.5) is 0 Å². The van der Waals surface area contributed by atoms with Gasteiger partial charge in [0.2, 0.25) is 0 Å². The zero-order chi connectivity index (χ0) is 20.6. The minimum Gasteiger partial charge on any atom is -0.497 e. The number of nitrogens with one attached hydrogen (secondary N) is 1. The second-order valence-corrected chi connectivity index (χ2v) is 7.43. The van der Waals surface area contributed by atoms with Gasteiger partial charge < -0.3 is 14.6 Å². The van der Waals surface area contributed by atoms with Crippen molar-refractivity contribution in [3.8, 4) is 5.75 Å². The molecule has 0 spiro atoms. The van der Waals surface area contributed by atoms with E-state index in [1.165, 1.54) is 11.1 Å². The lowest BCUT2D eigenvalue weighted by Crippen LogP contribution is -2.24. The molecular weight excluding hydrogens is 384 g/mol. The lowest BCUT2D eigenvalue weighted by atomic mass is 10.2. The Kier molecular flexibility index (Phi) is 7.08. The van der Waals surface area contributed by atoms with E-state index in [9.17, 15) is 4.79 Å². The number of thioether (sulfide) groups is 1. The summed E-state index contributed by atoms with van der Waals surface area (Å²) in [7, 11) is 1.59. The van der Waals surface area contributed by atoms with E-state index in [0.29, 0.717) is 23.7 Å². The molecule has 0 unspecified atom stereocenters. The Morgan fingerprint density at radius 3 is 2.55 bits per heavy atom. The number of hydrogen-bond donors (Lipinski definition) is 1. The number of carbonyl (C=O) groups is 1. The molecule has 0 aliphatic carbocycles. The molecule has 1 heterocycles. The summed E-state index contributed by atoms with van der Waals surface area (Å²) >= 11 is 1.62. The largest absolute Gasteiger partial charge is 0.497 e. The monoisotopic (exact) mass is 408 g/mol. The van der Waals surface area contributed by atoms with E-state index < -0.39 is 0 Å². The van der Waals surface area contributed by atoms with Gasteiger partial charge in [0.1, 0.15) is 5.75 Å². The summed E-state index contributed by atoms with van der Waals surface area (Å²) in [6.07, 6.45) is 1.80. The summed E-state index contributed by atoms with van der Waals surface area (Å²) in [5.41, 5.74) is 3.03. The number of benzene rings is 2. The Balaban J connectivity index is 1.64. The van der Waals surface area contributed by atoms with Gasteiger partial charge in [-0.3, -0.25) is 4.79 Å². The number of carbonyl (C=O) groups excluding carboxylic acids is 1. The van der Waals surface area contributed by atoms with Crippen molar-refractivity contribution in [3.05, 3.63) is 83.7 Å². The van der Waals surface area contributed by atoms with E-state index >= 15 is 0 Å². The first kappa shape index (κ1) is 20.7. The average molecular weight is 409 g/mol. The van der Waals surface area contributed by atoms with Gasteiger partial charge in [-0.1, -0.05) is 47.7 Å². The van der Waals surface area contributed by atoms with Crippen LogP contribution in [-0.4, -0.2) is 27.8 Å². The van der Waals surface area contributed by atoms with Crippen molar-refractivity contribution >= 4 is 17.7 Å². The van der Waals surface area contributed by atoms with Crippen LogP contribution in [0.1, 0.15) is 27.3 Å². The molecule has 3 aromatic rings. The Bertz CT molecular complexity index is 965. The standard InChI is InChI=1S/C22H24N4O2S/c1-4-13-26-20(14-23-21(27)18-9-11-19(28-3)12-10-18)24-25-22(26)29-15-17-7-5-16(2)6-8-17/h4-12H,1,13-15H2,2-3H3,(H,23,27). The van der Waals surface area contributed by atoms with Gasteiger partial charge in [-0.15, -0.1) is 16.8 Å². The summed E-state index contributed by atoms with van der Waals surface area (Å²) < 4.78 is 7.09. The van der Waals surface area contributed by atoms with Crippen molar-refractivity contribution in [3.63, 3.8) is 0 Å². The Hall–Kier alpha value is -3.06. The quantitative estimate of drug-likeness (QED) is 0.428. The summed E-state index contributed by atoms with van der Waals surface area (Å²) in [4.78, 5) is 12.4. The molecule has 1 N–H and O–H groups in total. The Morgan fingerprint density at radius 1 is 1.17 bits per heavy atom. The summed E-state index contributed by atoms with van der Waals surface area (Å²) in [5, 5.41) is 12.3. The first-order valence-electron chi connectivity index (χ1n) is 9.24. The van der Waals surface area contributed by atoms with Gasteiger partial charge in [-0.2, -0.15) is 0 Å². The highest BCUT2D eigenvalue weighted by atomic mass is 32.2. The second-order valence-electron chi connectivity index (χ2n) is 6.48. The molecule has 2 aromatic carbocycles. The van der Waals surface area contributed by atoms with Crippen molar-refractivity contribution in [1.29, 1.82) is 0 Å². The zero-order valence-electron chi connectivity index (χ0n) is 16.6. The van der Waals surface area contributed by atoms with Crippen LogP contribution in [-0.2, 0) is 18.8 Å². The van der Waals surface area contributed by atoms with Gasteiger partial charge in [0.25, 0.3) is 5.91 Å². The number of nitrogens with zero attached hydrogens (tertiary/aromatic N) is 3. The molecule has 7 heteroatoms. The van der Waals surface area contributed by atoms with Crippen LogP contribution in [0.15, 0.2) is 66.3 Å². The number of ether oxygens (including phenoxy) is 1. The summed E-state index contributed by atoms with van der Waals surface area (Å²) in [6.45, 7) is 6.76. The molecule has 3 rings (SSSR count).